The number of rotatable bonds is 4. The van der Waals surface area contributed by atoms with Crippen molar-refractivity contribution in [3.8, 4) is 11.3 Å². The first kappa shape index (κ1) is 13.4. The third-order valence-corrected chi connectivity index (χ3v) is 3.80. The Morgan fingerprint density at radius 2 is 1.86 bits per heavy atom. The third kappa shape index (κ3) is 2.42. The number of carboxylic acids is 1. The molecule has 3 rings (SSSR count). The van der Waals surface area contributed by atoms with Crippen LogP contribution in [-0.2, 0) is 17.6 Å². The molecule has 21 heavy (non-hydrogen) atoms. The van der Waals surface area contributed by atoms with Gasteiger partial charge in [-0.25, -0.2) is 0 Å². The highest BCUT2D eigenvalue weighted by molar-refractivity contribution is 5.95. The summed E-state index contributed by atoms with van der Waals surface area (Å²) in [5, 5.41) is 10.2. The van der Waals surface area contributed by atoms with E-state index in [1.165, 1.54) is 5.56 Å². The Hall–Kier alpha value is -2.55. The van der Waals surface area contributed by atoms with Crippen molar-refractivity contribution in [2.24, 2.45) is 0 Å². The number of H-pyrrole nitrogens is 1. The molecule has 0 atom stereocenters. The minimum Gasteiger partial charge on any atom is -0.481 e. The number of aromatic amines is 1. The summed E-state index contributed by atoms with van der Waals surface area (Å²) in [7, 11) is 0. The van der Waals surface area contributed by atoms with Crippen LogP contribution in [0.3, 0.4) is 0 Å². The molecule has 0 saturated heterocycles. The zero-order chi connectivity index (χ0) is 14.8. The van der Waals surface area contributed by atoms with Crippen LogP contribution in [0.2, 0.25) is 0 Å². The molecule has 106 valence electrons. The van der Waals surface area contributed by atoms with Gasteiger partial charge >= 0.3 is 5.97 Å². The van der Waals surface area contributed by atoms with Gasteiger partial charge in [-0.3, -0.25) is 4.79 Å². The molecule has 1 aromatic heterocycles. The summed E-state index contributed by atoms with van der Waals surface area (Å²) >= 11 is 0. The van der Waals surface area contributed by atoms with Gasteiger partial charge in [0.15, 0.2) is 0 Å². The summed E-state index contributed by atoms with van der Waals surface area (Å²) in [6, 6.07) is 16.0. The van der Waals surface area contributed by atoms with Crippen LogP contribution in [0.4, 0.5) is 0 Å². The molecule has 0 spiro atoms. The van der Waals surface area contributed by atoms with Gasteiger partial charge in [0, 0.05) is 10.9 Å². The molecule has 3 aromatic rings. The Morgan fingerprint density at radius 3 is 2.52 bits per heavy atom. The lowest BCUT2D eigenvalue weighted by Crippen LogP contribution is -2.00. The highest BCUT2D eigenvalue weighted by atomic mass is 16.4. The SMILES string of the molecule is CCc1cccc2c(CC(=O)O)c(-c3ccccc3)[nH]c12. The molecule has 2 aromatic carbocycles. The monoisotopic (exact) mass is 279 g/mol. The minimum atomic E-state index is -0.810. The largest absolute Gasteiger partial charge is 0.481 e. The highest BCUT2D eigenvalue weighted by Crippen LogP contribution is 2.32. The molecule has 0 aliphatic heterocycles. The molecule has 1 heterocycles. The van der Waals surface area contributed by atoms with Crippen molar-refractivity contribution in [1.29, 1.82) is 0 Å². The molecule has 2 N–H and O–H groups in total. The number of carboxylic acid groups (broad SMARTS) is 1. The van der Waals surface area contributed by atoms with E-state index in [0.29, 0.717) is 0 Å². The van der Waals surface area contributed by atoms with E-state index in [2.05, 4.69) is 18.0 Å². The average molecular weight is 279 g/mol. The second kappa shape index (κ2) is 5.44. The minimum absolute atomic E-state index is 0.0252. The lowest BCUT2D eigenvalue weighted by atomic mass is 10.0. The van der Waals surface area contributed by atoms with E-state index in [-0.39, 0.29) is 6.42 Å². The van der Waals surface area contributed by atoms with Gasteiger partial charge in [-0.05, 0) is 23.1 Å². The number of hydrogen-bond donors (Lipinski definition) is 2. The van der Waals surface area contributed by atoms with Crippen LogP contribution < -0.4 is 0 Å². The van der Waals surface area contributed by atoms with Gasteiger partial charge in [0.05, 0.1) is 12.1 Å². The topological polar surface area (TPSA) is 53.1 Å². The molecule has 0 bridgehead atoms. The summed E-state index contributed by atoms with van der Waals surface area (Å²) in [6.07, 6.45) is 0.940. The van der Waals surface area contributed by atoms with Gasteiger partial charge < -0.3 is 10.1 Å². The van der Waals surface area contributed by atoms with E-state index >= 15 is 0 Å². The number of nitrogens with one attached hydrogen (secondary N) is 1. The standard InChI is InChI=1S/C18H17NO2/c1-2-12-9-6-10-14-15(11-16(20)21)18(19-17(12)14)13-7-4-3-5-8-13/h3-10,19H,2,11H2,1H3,(H,20,21). The number of hydrogen-bond acceptors (Lipinski definition) is 1. The molecule has 0 aliphatic carbocycles. The van der Waals surface area contributed by atoms with Crippen molar-refractivity contribution in [2.45, 2.75) is 19.8 Å². The van der Waals surface area contributed by atoms with Crippen LogP contribution >= 0.6 is 0 Å². The number of fused-ring (bicyclic) bond motifs is 1. The second-order valence-electron chi connectivity index (χ2n) is 5.11. The van der Waals surface area contributed by atoms with E-state index in [0.717, 1.165) is 34.1 Å². The van der Waals surface area contributed by atoms with Crippen LogP contribution in [0.15, 0.2) is 48.5 Å². The van der Waals surface area contributed by atoms with E-state index in [1.54, 1.807) is 0 Å². The zero-order valence-corrected chi connectivity index (χ0v) is 11.9. The smallest absolute Gasteiger partial charge is 0.307 e. The first-order valence-electron chi connectivity index (χ1n) is 7.10. The van der Waals surface area contributed by atoms with Crippen molar-refractivity contribution >= 4 is 16.9 Å². The van der Waals surface area contributed by atoms with Crippen LogP contribution in [-0.4, -0.2) is 16.1 Å². The van der Waals surface area contributed by atoms with E-state index in [1.807, 2.05) is 42.5 Å². The van der Waals surface area contributed by atoms with Gasteiger partial charge in [-0.1, -0.05) is 55.5 Å². The highest BCUT2D eigenvalue weighted by Gasteiger charge is 2.16. The Morgan fingerprint density at radius 1 is 1.10 bits per heavy atom. The molecule has 0 saturated carbocycles. The van der Waals surface area contributed by atoms with Crippen molar-refractivity contribution in [2.75, 3.05) is 0 Å². The van der Waals surface area contributed by atoms with Crippen molar-refractivity contribution in [3.05, 3.63) is 59.7 Å². The summed E-state index contributed by atoms with van der Waals surface area (Å²) in [4.78, 5) is 14.7. The molecular formula is C18H17NO2. The van der Waals surface area contributed by atoms with E-state index < -0.39 is 5.97 Å². The van der Waals surface area contributed by atoms with Gasteiger partial charge in [0.1, 0.15) is 0 Å². The summed E-state index contributed by atoms with van der Waals surface area (Å²) in [5.41, 5.74) is 5.05. The normalized spacial score (nSPS) is 10.9. The number of aryl methyl sites for hydroxylation is 1. The number of carbonyl (C=O) groups is 1. The summed E-state index contributed by atoms with van der Waals surface area (Å²) in [6.45, 7) is 2.11. The zero-order valence-electron chi connectivity index (χ0n) is 11.9. The third-order valence-electron chi connectivity index (χ3n) is 3.80. The van der Waals surface area contributed by atoms with E-state index in [9.17, 15) is 9.90 Å². The fourth-order valence-corrected chi connectivity index (χ4v) is 2.82. The molecule has 0 radical (unpaired) electrons. The predicted molar refractivity (Wildman–Crippen MR) is 84.5 cm³/mol. The van der Waals surface area contributed by atoms with Crippen LogP contribution in [0.5, 0.6) is 0 Å². The second-order valence-corrected chi connectivity index (χ2v) is 5.11. The number of para-hydroxylation sites is 1. The molecule has 0 aliphatic rings. The maximum absolute atomic E-state index is 11.2. The predicted octanol–water partition coefficient (Wildman–Crippen LogP) is 4.02. The Balaban J connectivity index is 2.30. The van der Waals surface area contributed by atoms with Gasteiger partial charge in [0.2, 0.25) is 0 Å². The van der Waals surface area contributed by atoms with E-state index in [4.69, 9.17) is 0 Å². The van der Waals surface area contributed by atoms with Crippen molar-refractivity contribution < 1.29 is 9.90 Å². The summed E-state index contributed by atoms with van der Waals surface area (Å²) in [5.74, 6) is -0.810. The fraction of sp³-hybridized carbons (Fsp3) is 0.167. The molecule has 0 amide bonds. The molecule has 3 nitrogen and oxygen atoms in total. The lowest BCUT2D eigenvalue weighted by molar-refractivity contribution is -0.136. The first-order chi connectivity index (χ1) is 10.2. The van der Waals surface area contributed by atoms with Crippen LogP contribution in [0.1, 0.15) is 18.1 Å². The van der Waals surface area contributed by atoms with Gasteiger partial charge in [-0.2, -0.15) is 0 Å². The number of aromatic nitrogens is 1. The molecule has 0 unspecified atom stereocenters. The quantitative estimate of drug-likeness (QED) is 0.757. The van der Waals surface area contributed by atoms with Gasteiger partial charge in [0.25, 0.3) is 0 Å². The van der Waals surface area contributed by atoms with Crippen LogP contribution in [0.25, 0.3) is 22.2 Å². The number of aliphatic carboxylic acids is 1. The number of benzene rings is 2. The van der Waals surface area contributed by atoms with Crippen LogP contribution in [0, 0.1) is 0 Å². The van der Waals surface area contributed by atoms with Crippen molar-refractivity contribution in [3.63, 3.8) is 0 Å². The molecule has 3 heteroatoms. The lowest BCUT2D eigenvalue weighted by Gasteiger charge is -2.02. The maximum atomic E-state index is 11.2. The Kier molecular flexibility index (Phi) is 3.48. The maximum Gasteiger partial charge on any atom is 0.307 e. The molecular weight excluding hydrogens is 262 g/mol. The average Bonchev–Trinajstić information content (AvgIpc) is 2.86. The van der Waals surface area contributed by atoms with Crippen molar-refractivity contribution in [1.82, 2.24) is 4.98 Å². The first-order valence-corrected chi connectivity index (χ1v) is 7.10. The summed E-state index contributed by atoms with van der Waals surface area (Å²) < 4.78 is 0. The Labute approximate surface area is 123 Å². The van der Waals surface area contributed by atoms with Gasteiger partial charge in [-0.15, -0.1) is 0 Å². The fourth-order valence-electron chi connectivity index (χ4n) is 2.82. The molecule has 0 fully saturated rings. The Bertz CT molecular complexity index is 788.